The van der Waals surface area contributed by atoms with Gasteiger partial charge in [0.2, 0.25) is 5.95 Å². The molecule has 1 aromatic heterocycles. The second kappa shape index (κ2) is 8.37. The fourth-order valence-electron chi connectivity index (χ4n) is 7.05. The highest BCUT2D eigenvalue weighted by molar-refractivity contribution is 5.90. The molecule has 7 nitrogen and oxygen atoms in total. The van der Waals surface area contributed by atoms with E-state index in [4.69, 9.17) is 0 Å². The predicted octanol–water partition coefficient (Wildman–Crippen LogP) is 5.29. The number of urea groups is 1. The van der Waals surface area contributed by atoms with Crippen LogP contribution in [-0.4, -0.2) is 32.2 Å². The summed E-state index contributed by atoms with van der Waals surface area (Å²) in [4.78, 5) is 21.5. The molecule has 4 fully saturated rings. The van der Waals surface area contributed by atoms with Crippen LogP contribution in [-0.2, 0) is 0 Å². The first-order valence-electron chi connectivity index (χ1n) is 12.5. The van der Waals surface area contributed by atoms with Crippen molar-refractivity contribution in [1.29, 1.82) is 0 Å². The van der Waals surface area contributed by atoms with Gasteiger partial charge in [-0.2, -0.15) is 0 Å². The number of benzene rings is 2. The van der Waals surface area contributed by atoms with Gasteiger partial charge in [-0.25, -0.2) is 23.5 Å². The first-order valence-corrected chi connectivity index (χ1v) is 12.5. The molecular formula is C27H29F2N5O2. The van der Waals surface area contributed by atoms with E-state index in [9.17, 15) is 18.7 Å². The van der Waals surface area contributed by atoms with E-state index in [1.165, 1.54) is 24.4 Å². The number of carbonyl (C=O) groups excluding carboxylic acids is 1. The maximum absolute atomic E-state index is 14.7. The van der Waals surface area contributed by atoms with Crippen LogP contribution in [0.2, 0.25) is 0 Å². The van der Waals surface area contributed by atoms with Gasteiger partial charge in [0, 0.05) is 23.2 Å². The van der Waals surface area contributed by atoms with Crippen LogP contribution in [0.4, 0.5) is 25.2 Å². The van der Waals surface area contributed by atoms with Crippen LogP contribution in [0.15, 0.2) is 42.6 Å². The summed E-state index contributed by atoms with van der Waals surface area (Å²) in [7, 11) is 0. The second-order valence-electron chi connectivity index (χ2n) is 11.1. The van der Waals surface area contributed by atoms with Crippen LogP contribution in [0.5, 0.6) is 0 Å². The maximum atomic E-state index is 14.7. The normalized spacial score (nSPS) is 29.2. The van der Waals surface area contributed by atoms with Crippen molar-refractivity contribution in [3.8, 4) is 0 Å². The molecule has 36 heavy (non-hydrogen) atoms. The highest BCUT2D eigenvalue weighted by Crippen LogP contribution is 2.57. The molecule has 3 atom stereocenters. The van der Waals surface area contributed by atoms with Gasteiger partial charge in [-0.15, -0.1) is 0 Å². The lowest BCUT2D eigenvalue weighted by atomic mass is 9.51. The van der Waals surface area contributed by atoms with Crippen molar-refractivity contribution in [3.63, 3.8) is 0 Å². The Bertz CT molecular complexity index is 1330. The Morgan fingerprint density at radius 3 is 2.64 bits per heavy atom. The number of carbonyl (C=O) groups is 1. The summed E-state index contributed by atoms with van der Waals surface area (Å²) >= 11 is 0. The Labute approximate surface area is 207 Å². The zero-order chi connectivity index (χ0) is 25.1. The van der Waals surface area contributed by atoms with Crippen molar-refractivity contribution in [1.82, 2.24) is 15.3 Å². The number of hydrogen-bond acceptors (Lipinski definition) is 5. The number of aromatic nitrogens is 2. The first kappa shape index (κ1) is 23.1. The number of anilines is 2. The highest BCUT2D eigenvalue weighted by Gasteiger charge is 2.57. The van der Waals surface area contributed by atoms with Gasteiger partial charge in [-0.1, -0.05) is 12.1 Å². The number of fused-ring (bicyclic) bond motifs is 1. The molecule has 2 amide bonds. The largest absolute Gasteiger partial charge is 0.390 e. The van der Waals surface area contributed by atoms with Crippen LogP contribution in [0.1, 0.15) is 57.1 Å². The summed E-state index contributed by atoms with van der Waals surface area (Å²) in [5.74, 6) is 0.171. The zero-order valence-electron chi connectivity index (χ0n) is 20.0. The Kier molecular flexibility index (Phi) is 5.37. The van der Waals surface area contributed by atoms with E-state index in [-0.39, 0.29) is 23.5 Å². The lowest BCUT2D eigenvalue weighted by Gasteiger charge is -2.60. The van der Waals surface area contributed by atoms with E-state index in [2.05, 4.69) is 25.9 Å². The topological polar surface area (TPSA) is 99.2 Å². The summed E-state index contributed by atoms with van der Waals surface area (Å²) in [5.41, 5.74) is 0.292. The summed E-state index contributed by atoms with van der Waals surface area (Å²) in [6.45, 7) is 1.82. The minimum atomic E-state index is -0.674. The summed E-state index contributed by atoms with van der Waals surface area (Å²) in [5, 5.41) is 20.3. The Morgan fingerprint density at radius 1 is 1.14 bits per heavy atom. The van der Waals surface area contributed by atoms with Crippen molar-refractivity contribution in [2.75, 3.05) is 10.6 Å². The molecule has 4 aliphatic carbocycles. The number of rotatable bonds is 5. The van der Waals surface area contributed by atoms with Crippen LogP contribution < -0.4 is 16.0 Å². The SMILES string of the molecule is CC(Nc1cc2nc(NC(=O)NC34CC5CC(CC(O)(C5)C3)C4)ncc2cc1F)c1cccc(F)c1. The van der Waals surface area contributed by atoms with Crippen LogP contribution in [0.3, 0.4) is 0 Å². The van der Waals surface area contributed by atoms with Crippen molar-refractivity contribution in [3.05, 3.63) is 59.8 Å². The molecule has 0 spiro atoms. The molecular weight excluding hydrogens is 464 g/mol. The van der Waals surface area contributed by atoms with Gasteiger partial charge >= 0.3 is 6.03 Å². The fraction of sp³-hybridized carbons (Fsp3) is 0.444. The molecule has 3 aromatic rings. The standard InChI is InChI=1S/C27H29F2N5O2/c1-15(18-3-2-4-20(28)6-18)31-23-8-22-19(7-21(23)29)13-30-24(32-22)33-25(35)34-26-9-16-5-17(10-26)12-27(36,11-16)14-26/h2-4,6-8,13,15-17,31,36H,5,9-12,14H2,1H3,(H2,30,32,33,34,35). The molecule has 4 saturated carbocycles. The van der Waals surface area contributed by atoms with Crippen molar-refractivity contribution in [2.24, 2.45) is 11.8 Å². The number of amides is 2. The van der Waals surface area contributed by atoms with E-state index < -0.39 is 23.0 Å². The predicted molar refractivity (Wildman–Crippen MR) is 132 cm³/mol. The fourth-order valence-corrected chi connectivity index (χ4v) is 7.05. The molecule has 7 rings (SSSR count). The van der Waals surface area contributed by atoms with Gasteiger partial charge in [-0.05, 0) is 87.1 Å². The molecule has 1 heterocycles. The lowest BCUT2D eigenvalue weighted by Crippen LogP contribution is -2.65. The van der Waals surface area contributed by atoms with Gasteiger partial charge in [0.05, 0.1) is 16.8 Å². The molecule has 2 aromatic carbocycles. The molecule has 3 unspecified atom stereocenters. The van der Waals surface area contributed by atoms with E-state index in [1.54, 1.807) is 18.2 Å². The summed E-state index contributed by atoms with van der Waals surface area (Å²) in [6.07, 6.45) is 6.60. The third-order valence-corrected chi connectivity index (χ3v) is 8.02. The van der Waals surface area contributed by atoms with E-state index in [1.807, 2.05) is 6.92 Å². The van der Waals surface area contributed by atoms with E-state index in [0.717, 1.165) is 32.1 Å². The monoisotopic (exact) mass is 493 g/mol. The molecule has 4 aliphatic rings. The Hall–Kier alpha value is -3.33. The minimum Gasteiger partial charge on any atom is -0.390 e. The number of nitrogens with one attached hydrogen (secondary N) is 3. The third-order valence-electron chi connectivity index (χ3n) is 8.02. The number of nitrogens with zero attached hydrogens (tertiary/aromatic N) is 2. The zero-order valence-corrected chi connectivity index (χ0v) is 20.0. The molecule has 0 radical (unpaired) electrons. The van der Waals surface area contributed by atoms with Gasteiger partial charge in [0.1, 0.15) is 11.6 Å². The molecule has 4 N–H and O–H groups in total. The second-order valence-corrected chi connectivity index (χ2v) is 11.1. The molecule has 4 bridgehead atoms. The average Bonchev–Trinajstić information content (AvgIpc) is 2.77. The smallest absolute Gasteiger partial charge is 0.322 e. The minimum absolute atomic E-state index is 0.110. The average molecular weight is 494 g/mol. The van der Waals surface area contributed by atoms with Crippen molar-refractivity contribution >= 4 is 28.6 Å². The van der Waals surface area contributed by atoms with Crippen molar-refractivity contribution in [2.45, 2.75) is 62.6 Å². The molecule has 188 valence electrons. The highest BCUT2D eigenvalue weighted by atomic mass is 19.1. The first-order chi connectivity index (χ1) is 17.2. The van der Waals surface area contributed by atoms with Crippen molar-refractivity contribution < 1.29 is 18.7 Å². The maximum Gasteiger partial charge on any atom is 0.322 e. The summed E-state index contributed by atoms with van der Waals surface area (Å²) < 4.78 is 28.3. The molecule has 0 saturated heterocycles. The van der Waals surface area contributed by atoms with Gasteiger partial charge < -0.3 is 15.7 Å². The van der Waals surface area contributed by atoms with Crippen LogP contribution in [0, 0.1) is 23.5 Å². The third kappa shape index (κ3) is 4.36. The quantitative estimate of drug-likeness (QED) is 0.387. The Balaban J connectivity index is 1.18. The summed E-state index contributed by atoms with van der Waals surface area (Å²) in [6, 6.07) is 8.29. The van der Waals surface area contributed by atoms with Gasteiger partial charge in [0.15, 0.2) is 0 Å². The van der Waals surface area contributed by atoms with Crippen LogP contribution >= 0.6 is 0 Å². The number of hydrogen-bond donors (Lipinski definition) is 4. The van der Waals surface area contributed by atoms with Gasteiger partial charge in [-0.3, -0.25) is 5.32 Å². The molecule has 9 heteroatoms. The Morgan fingerprint density at radius 2 is 1.92 bits per heavy atom. The van der Waals surface area contributed by atoms with E-state index >= 15 is 0 Å². The lowest BCUT2D eigenvalue weighted by molar-refractivity contribution is -0.138. The van der Waals surface area contributed by atoms with E-state index in [0.29, 0.717) is 34.7 Å². The van der Waals surface area contributed by atoms with Crippen LogP contribution in [0.25, 0.3) is 10.9 Å². The van der Waals surface area contributed by atoms with Gasteiger partial charge in [0.25, 0.3) is 0 Å². The molecule has 0 aliphatic heterocycles. The number of aliphatic hydroxyl groups is 1. The number of halogens is 2.